The van der Waals surface area contributed by atoms with Crippen LogP contribution in [0.25, 0.3) is 0 Å². The number of aromatic nitrogens is 1. The summed E-state index contributed by atoms with van der Waals surface area (Å²) in [6.45, 7) is 2.38. The Balaban J connectivity index is 2.23. The van der Waals surface area contributed by atoms with E-state index >= 15 is 0 Å². The van der Waals surface area contributed by atoms with Crippen molar-refractivity contribution in [2.75, 3.05) is 25.7 Å². The molecule has 0 unspecified atom stereocenters. The number of anilines is 1. The van der Waals surface area contributed by atoms with Gasteiger partial charge in [0.25, 0.3) is 5.91 Å². The Morgan fingerprint density at radius 1 is 1.29 bits per heavy atom. The molecule has 0 N–H and O–H groups in total. The van der Waals surface area contributed by atoms with Crippen molar-refractivity contribution >= 4 is 11.6 Å². The summed E-state index contributed by atoms with van der Waals surface area (Å²) in [5.41, 5.74) is 1.29. The van der Waals surface area contributed by atoms with Crippen molar-refractivity contribution < 1.29 is 14.3 Å². The molecule has 0 saturated heterocycles. The van der Waals surface area contributed by atoms with E-state index in [1.807, 2.05) is 31.2 Å². The lowest BCUT2D eigenvalue weighted by molar-refractivity contribution is 0.0992. The summed E-state index contributed by atoms with van der Waals surface area (Å²) >= 11 is 0. The van der Waals surface area contributed by atoms with E-state index in [1.165, 1.54) is 0 Å². The molecule has 0 saturated carbocycles. The summed E-state index contributed by atoms with van der Waals surface area (Å²) in [5.74, 6) is 1.02. The van der Waals surface area contributed by atoms with Crippen LogP contribution in [0.4, 0.5) is 5.69 Å². The van der Waals surface area contributed by atoms with E-state index < -0.39 is 0 Å². The zero-order chi connectivity index (χ0) is 15.2. The minimum Gasteiger partial charge on any atom is -0.497 e. The average Bonchev–Trinajstić information content (AvgIpc) is 2.54. The number of amides is 1. The second kappa shape index (κ2) is 6.74. The van der Waals surface area contributed by atoms with E-state index in [4.69, 9.17) is 9.47 Å². The number of pyridine rings is 1. The number of carbonyl (C=O) groups excluding carboxylic acids is 1. The summed E-state index contributed by atoms with van der Waals surface area (Å²) in [4.78, 5) is 18.1. The van der Waals surface area contributed by atoms with Gasteiger partial charge in [-0.3, -0.25) is 4.79 Å². The minimum absolute atomic E-state index is 0.133. The average molecular weight is 286 g/mol. The second-order valence-corrected chi connectivity index (χ2v) is 4.38. The zero-order valence-corrected chi connectivity index (χ0v) is 12.4. The first-order valence-corrected chi connectivity index (χ1v) is 6.66. The molecule has 1 amide bonds. The van der Waals surface area contributed by atoms with Gasteiger partial charge in [-0.1, -0.05) is 6.07 Å². The Kier molecular flexibility index (Phi) is 4.77. The minimum atomic E-state index is -0.133. The molecular weight excluding hydrogens is 268 g/mol. The fraction of sp³-hybridized carbons (Fsp3) is 0.250. The quantitative estimate of drug-likeness (QED) is 0.848. The number of hydrogen-bond acceptors (Lipinski definition) is 4. The van der Waals surface area contributed by atoms with Gasteiger partial charge in [-0.2, -0.15) is 0 Å². The highest BCUT2D eigenvalue weighted by Crippen LogP contribution is 2.22. The predicted molar refractivity (Wildman–Crippen MR) is 81.1 cm³/mol. The van der Waals surface area contributed by atoms with Gasteiger partial charge < -0.3 is 14.4 Å². The van der Waals surface area contributed by atoms with Crippen molar-refractivity contribution in [3.05, 3.63) is 48.2 Å². The molecule has 5 heteroatoms. The molecule has 0 aliphatic rings. The van der Waals surface area contributed by atoms with Gasteiger partial charge in [-0.25, -0.2) is 4.98 Å². The van der Waals surface area contributed by atoms with E-state index in [2.05, 4.69) is 4.98 Å². The highest BCUT2D eigenvalue weighted by Gasteiger charge is 2.15. The van der Waals surface area contributed by atoms with Crippen LogP contribution in [0.3, 0.4) is 0 Å². The molecule has 2 aromatic rings. The van der Waals surface area contributed by atoms with Gasteiger partial charge in [0.05, 0.1) is 13.7 Å². The second-order valence-electron chi connectivity index (χ2n) is 4.38. The number of hydrogen-bond donors (Lipinski definition) is 0. The molecule has 1 aromatic carbocycles. The fourth-order valence-electron chi connectivity index (χ4n) is 1.90. The van der Waals surface area contributed by atoms with Gasteiger partial charge in [0, 0.05) is 36.6 Å². The Morgan fingerprint density at radius 3 is 2.81 bits per heavy atom. The van der Waals surface area contributed by atoms with Crippen LogP contribution in [0.5, 0.6) is 11.6 Å². The summed E-state index contributed by atoms with van der Waals surface area (Å²) in [6.07, 6.45) is 1.57. The SMILES string of the molecule is CCOc1cc(C(=O)N(C)c2cccc(OC)c2)ccn1. The molecule has 0 radical (unpaired) electrons. The van der Waals surface area contributed by atoms with Crippen LogP contribution in [0.1, 0.15) is 17.3 Å². The van der Waals surface area contributed by atoms with Gasteiger partial charge >= 0.3 is 0 Å². The van der Waals surface area contributed by atoms with E-state index in [-0.39, 0.29) is 5.91 Å². The lowest BCUT2D eigenvalue weighted by atomic mass is 10.2. The fourth-order valence-corrected chi connectivity index (χ4v) is 1.90. The topological polar surface area (TPSA) is 51.7 Å². The molecule has 21 heavy (non-hydrogen) atoms. The van der Waals surface area contributed by atoms with Crippen LogP contribution < -0.4 is 14.4 Å². The van der Waals surface area contributed by atoms with Crippen LogP contribution in [-0.2, 0) is 0 Å². The Labute approximate surface area is 124 Å². The van der Waals surface area contributed by atoms with Gasteiger partial charge in [-0.15, -0.1) is 0 Å². The maximum absolute atomic E-state index is 12.5. The number of methoxy groups -OCH3 is 1. The monoisotopic (exact) mass is 286 g/mol. The summed E-state index contributed by atoms with van der Waals surface area (Å²) in [5, 5.41) is 0. The van der Waals surface area contributed by atoms with E-state index in [9.17, 15) is 4.79 Å². The number of rotatable bonds is 5. The van der Waals surface area contributed by atoms with Gasteiger partial charge in [0.1, 0.15) is 5.75 Å². The molecule has 0 bridgehead atoms. The first-order valence-electron chi connectivity index (χ1n) is 6.66. The van der Waals surface area contributed by atoms with Crippen LogP contribution in [0.15, 0.2) is 42.6 Å². The van der Waals surface area contributed by atoms with Crippen molar-refractivity contribution in [3.8, 4) is 11.6 Å². The molecule has 1 heterocycles. The molecule has 0 aliphatic heterocycles. The van der Waals surface area contributed by atoms with Gasteiger partial charge in [0.15, 0.2) is 0 Å². The molecule has 1 aromatic heterocycles. The van der Waals surface area contributed by atoms with E-state index in [1.54, 1.807) is 37.4 Å². The number of ether oxygens (including phenoxy) is 2. The zero-order valence-electron chi connectivity index (χ0n) is 12.4. The smallest absolute Gasteiger partial charge is 0.258 e. The maximum atomic E-state index is 12.5. The van der Waals surface area contributed by atoms with Crippen LogP contribution in [0.2, 0.25) is 0 Å². The van der Waals surface area contributed by atoms with Gasteiger partial charge in [-0.05, 0) is 25.1 Å². The van der Waals surface area contributed by atoms with E-state index in [0.29, 0.717) is 23.8 Å². The van der Waals surface area contributed by atoms with Crippen LogP contribution in [0, 0.1) is 0 Å². The maximum Gasteiger partial charge on any atom is 0.258 e. The van der Waals surface area contributed by atoms with Crippen molar-refractivity contribution in [1.29, 1.82) is 0 Å². The highest BCUT2D eigenvalue weighted by atomic mass is 16.5. The van der Waals surface area contributed by atoms with Crippen molar-refractivity contribution in [1.82, 2.24) is 4.98 Å². The highest BCUT2D eigenvalue weighted by molar-refractivity contribution is 6.05. The molecule has 0 atom stereocenters. The van der Waals surface area contributed by atoms with Crippen molar-refractivity contribution in [2.45, 2.75) is 6.92 Å². The van der Waals surface area contributed by atoms with Crippen LogP contribution in [-0.4, -0.2) is 31.7 Å². The molecule has 0 aliphatic carbocycles. The number of carbonyl (C=O) groups is 1. The third kappa shape index (κ3) is 3.51. The number of benzene rings is 1. The molecule has 110 valence electrons. The normalized spacial score (nSPS) is 10.0. The predicted octanol–water partition coefficient (Wildman–Crippen LogP) is 2.77. The first-order chi connectivity index (χ1) is 10.2. The molecule has 0 fully saturated rings. The number of nitrogens with zero attached hydrogens (tertiary/aromatic N) is 2. The summed E-state index contributed by atoms with van der Waals surface area (Å²) < 4.78 is 10.5. The molecule has 2 rings (SSSR count). The Bertz CT molecular complexity index is 628. The Hall–Kier alpha value is -2.56. The molecular formula is C16H18N2O3. The standard InChI is InChI=1S/C16H18N2O3/c1-4-21-15-10-12(8-9-17-15)16(19)18(2)13-6-5-7-14(11-13)20-3/h5-11H,4H2,1-3H3. The molecule has 0 spiro atoms. The van der Waals surface area contributed by atoms with Crippen molar-refractivity contribution in [2.24, 2.45) is 0 Å². The largest absolute Gasteiger partial charge is 0.497 e. The lowest BCUT2D eigenvalue weighted by Gasteiger charge is -2.18. The third-order valence-electron chi connectivity index (χ3n) is 3.02. The third-order valence-corrected chi connectivity index (χ3v) is 3.02. The Morgan fingerprint density at radius 2 is 2.10 bits per heavy atom. The first kappa shape index (κ1) is 14.8. The van der Waals surface area contributed by atoms with E-state index in [0.717, 1.165) is 5.69 Å². The molecule has 5 nitrogen and oxygen atoms in total. The van der Waals surface area contributed by atoms with Crippen LogP contribution >= 0.6 is 0 Å². The lowest BCUT2D eigenvalue weighted by Crippen LogP contribution is -2.26. The van der Waals surface area contributed by atoms with Gasteiger partial charge in [0.2, 0.25) is 5.88 Å². The summed E-state index contributed by atoms with van der Waals surface area (Å²) in [6, 6.07) is 10.6. The van der Waals surface area contributed by atoms with Crippen molar-refractivity contribution in [3.63, 3.8) is 0 Å². The summed E-state index contributed by atoms with van der Waals surface area (Å²) in [7, 11) is 3.32.